The lowest BCUT2D eigenvalue weighted by Gasteiger charge is -2.55. The second-order valence-electron chi connectivity index (χ2n) is 10.5. The summed E-state index contributed by atoms with van der Waals surface area (Å²) >= 11 is 0. The van der Waals surface area contributed by atoms with Crippen molar-refractivity contribution in [1.82, 2.24) is 19.9 Å². The van der Waals surface area contributed by atoms with Gasteiger partial charge in [0.15, 0.2) is 5.60 Å². The van der Waals surface area contributed by atoms with Crippen LogP contribution in [0.4, 0.5) is 0 Å². The summed E-state index contributed by atoms with van der Waals surface area (Å²) < 4.78 is 0. The van der Waals surface area contributed by atoms with E-state index in [-0.39, 0.29) is 0 Å². The second kappa shape index (κ2) is 9.16. The van der Waals surface area contributed by atoms with E-state index < -0.39 is 16.6 Å². The molecule has 0 aliphatic carbocycles. The molecule has 1 fully saturated rings. The molecule has 182 valence electrons. The number of pyridine rings is 1. The predicted octanol–water partition coefficient (Wildman–Crippen LogP) is 3.75. The Labute approximate surface area is 208 Å². The van der Waals surface area contributed by atoms with Crippen molar-refractivity contribution in [3.05, 3.63) is 88.8 Å². The molecule has 0 amide bonds. The average Bonchev–Trinajstić information content (AvgIpc) is 2.81. The Bertz CT molecular complexity index is 1270. The normalized spacial score (nSPS) is 18.7. The van der Waals surface area contributed by atoms with E-state index in [1.165, 1.54) is 11.9 Å². The highest BCUT2D eigenvalue weighted by Crippen LogP contribution is 2.50. The van der Waals surface area contributed by atoms with Gasteiger partial charge in [0.25, 0.3) is 0 Å². The highest BCUT2D eigenvalue weighted by molar-refractivity contribution is 5.45. The van der Waals surface area contributed by atoms with Gasteiger partial charge in [-0.15, -0.1) is 0 Å². The fraction of sp³-hybridized carbons (Fsp3) is 0.414. The van der Waals surface area contributed by atoms with Crippen molar-refractivity contribution in [3.8, 4) is 11.8 Å². The van der Waals surface area contributed by atoms with Crippen LogP contribution in [0, 0.1) is 24.2 Å². The standard InChI is InChI=1S/C29H34N4O2/c1-20(2)23-7-9-24(10-8-23)29(35,27(4)17-33(6)18-27)25-14-22(15-30-16-25)11-12-28(5,34)26-13-21(3)31-19-32-26/h7-10,13-16,19-20,34-35H,17-18H2,1-6H3. The lowest BCUT2D eigenvalue weighted by molar-refractivity contribution is -0.127. The molecular formula is C29H34N4O2. The van der Waals surface area contributed by atoms with Crippen molar-refractivity contribution >= 4 is 0 Å². The molecule has 4 rings (SSSR count). The molecule has 2 atom stereocenters. The number of hydrogen-bond donors (Lipinski definition) is 2. The van der Waals surface area contributed by atoms with Crippen LogP contribution in [0.5, 0.6) is 0 Å². The van der Waals surface area contributed by atoms with Gasteiger partial charge in [-0.3, -0.25) is 4.98 Å². The first-order valence-corrected chi connectivity index (χ1v) is 12.0. The van der Waals surface area contributed by atoms with Crippen molar-refractivity contribution in [1.29, 1.82) is 0 Å². The summed E-state index contributed by atoms with van der Waals surface area (Å²) in [6.45, 7) is 11.4. The molecule has 1 aliphatic heterocycles. The molecule has 3 aromatic rings. The molecule has 1 saturated heterocycles. The minimum Gasteiger partial charge on any atom is -0.380 e. The van der Waals surface area contributed by atoms with Crippen molar-refractivity contribution in [3.63, 3.8) is 0 Å². The number of nitrogens with zero attached hydrogens (tertiary/aromatic N) is 4. The van der Waals surface area contributed by atoms with Gasteiger partial charge in [-0.25, -0.2) is 9.97 Å². The van der Waals surface area contributed by atoms with Crippen LogP contribution in [-0.2, 0) is 11.2 Å². The first kappa shape index (κ1) is 25.0. The van der Waals surface area contributed by atoms with Crippen molar-refractivity contribution in [2.24, 2.45) is 5.41 Å². The second-order valence-corrected chi connectivity index (χ2v) is 10.5. The molecule has 1 aliphatic rings. The molecule has 0 saturated carbocycles. The summed E-state index contributed by atoms with van der Waals surface area (Å²) in [5.41, 5.74) is 1.48. The quantitative estimate of drug-likeness (QED) is 0.553. The summed E-state index contributed by atoms with van der Waals surface area (Å²) in [5.74, 6) is 6.37. The molecule has 0 spiro atoms. The van der Waals surface area contributed by atoms with E-state index in [2.05, 4.69) is 71.6 Å². The van der Waals surface area contributed by atoms with Crippen molar-refractivity contribution < 1.29 is 10.2 Å². The maximum Gasteiger partial charge on any atom is 0.165 e. The molecule has 0 bridgehead atoms. The van der Waals surface area contributed by atoms with E-state index in [0.29, 0.717) is 22.7 Å². The number of hydrogen-bond acceptors (Lipinski definition) is 6. The molecule has 0 radical (unpaired) electrons. The first-order chi connectivity index (χ1) is 16.4. The predicted molar refractivity (Wildman–Crippen MR) is 137 cm³/mol. The Morgan fingerprint density at radius 2 is 1.71 bits per heavy atom. The third-order valence-corrected chi connectivity index (χ3v) is 7.02. The van der Waals surface area contributed by atoms with Crippen LogP contribution in [-0.4, -0.2) is 50.2 Å². The Kier molecular flexibility index (Phi) is 6.54. The summed E-state index contributed by atoms with van der Waals surface area (Å²) in [4.78, 5) is 14.9. The van der Waals surface area contributed by atoms with Gasteiger partial charge < -0.3 is 15.1 Å². The van der Waals surface area contributed by atoms with Gasteiger partial charge in [0.05, 0.1) is 5.69 Å². The van der Waals surface area contributed by atoms with Crippen molar-refractivity contribution in [2.75, 3.05) is 20.1 Å². The lowest BCUT2D eigenvalue weighted by atomic mass is 9.62. The van der Waals surface area contributed by atoms with Crippen molar-refractivity contribution in [2.45, 2.75) is 51.7 Å². The summed E-state index contributed by atoms with van der Waals surface area (Å²) in [6.07, 6.45) is 4.79. The summed E-state index contributed by atoms with van der Waals surface area (Å²) in [7, 11) is 2.06. The highest BCUT2D eigenvalue weighted by atomic mass is 16.3. The number of aromatic nitrogens is 3. The fourth-order valence-electron chi connectivity index (χ4n) is 5.03. The maximum atomic E-state index is 12.4. The molecule has 3 heterocycles. The van der Waals surface area contributed by atoms with Gasteiger partial charge in [0.1, 0.15) is 11.9 Å². The van der Waals surface area contributed by atoms with E-state index >= 15 is 0 Å². The summed E-state index contributed by atoms with van der Waals surface area (Å²) in [6, 6.07) is 11.8. The third kappa shape index (κ3) is 4.72. The van der Waals surface area contributed by atoms with E-state index in [0.717, 1.165) is 24.3 Å². The van der Waals surface area contributed by atoms with Crippen LogP contribution in [0.15, 0.2) is 55.1 Å². The van der Waals surface area contributed by atoms with Crippen LogP contribution < -0.4 is 0 Å². The molecule has 6 nitrogen and oxygen atoms in total. The minimum absolute atomic E-state index is 0.390. The molecule has 1 aromatic carbocycles. The average molecular weight is 471 g/mol. The van der Waals surface area contributed by atoms with Crippen LogP contribution in [0.2, 0.25) is 0 Å². The summed E-state index contributed by atoms with van der Waals surface area (Å²) in [5, 5.41) is 23.3. The largest absolute Gasteiger partial charge is 0.380 e. The number of aliphatic hydroxyl groups is 2. The van der Waals surface area contributed by atoms with E-state index in [1.54, 1.807) is 25.4 Å². The smallest absolute Gasteiger partial charge is 0.165 e. The van der Waals surface area contributed by atoms with Crippen LogP contribution in [0.3, 0.4) is 0 Å². The fourth-order valence-corrected chi connectivity index (χ4v) is 5.03. The van der Waals surface area contributed by atoms with Gasteiger partial charge in [-0.05, 0) is 50.1 Å². The topological polar surface area (TPSA) is 82.4 Å². The van der Waals surface area contributed by atoms with Crippen LogP contribution >= 0.6 is 0 Å². The number of aryl methyl sites for hydroxylation is 1. The van der Waals surface area contributed by atoms with E-state index in [4.69, 9.17) is 0 Å². The van der Waals surface area contributed by atoms with Gasteiger partial charge in [-0.1, -0.05) is 56.9 Å². The molecule has 2 N–H and O–H groups in total. The molecule has 6 heteroatoms. The maximum absolute atomic E-state index is 12.4. The third-order valence-electron chi connectivity index (χ3n) is 7.02. The van der Waals surface area contributed by atoms with Crippen LogP contribution in [0.1, 0.15) is 67.3 Å². The number of likely N-dealkylation sites (tertiary alicyclic amines) is 1. The lowest BCUT2D eigenvalue weighted by Crippen LogP contribution is -2.63. The zero-order valence-corrected chi connectivity index (χ0v) is 21.4. The number of rotatable bonds is 5. The monoisotopic (exact) mass is 470 g/mol. The van der Waals surface area contributed by atoms with E-state index in [1.807, 2.05) is 25.1 Å². The number of benzene rings is 1. The Hall–Kier alpha value is -3.11. The molecular weight excluding hydrogens is 436 g/mol. The first-order valence-electron chi connectivity index (χ1n) is 12.0. The van der Waals surface area contributed by atoms with Gasteiger partial charge in [-0.2, -0.15) is 0 Å². The highest BCUT2D eigenvalue weighted by Gasteiger charge is 2.55. The van der Waals surface area contributed by atoms with Gasteiger partial charge >= 0.3 is 0 Å². The van der Waals surface area contributed by atoms with E-state index in [9.17, 15) is 10.2 Å². The molecule has 2 unspecified atom stereocenters. The zero-order valence-electron chi connectivity index (χ0n) is 21.4. The minimum atomic E-state index is -1.45. The SMILES string of the molecule is Cc1cc(C(C)(O)C#Cc2cncc(C(O)(c3ccc(C(C)C)cc3)C3(C)CN(C)C3)c2)ncn1. The Morgan fingerprint density at radius 3 is 2.31 bits per heavy atom. The molecule has 35 heavy (non-hydrogen) atoms. The molecule has 2 aromatic heterocycles. The van der Waals surface area contributed by atoms with Gasteiger partial charge in [0, 0.05) is 47.7 Å². The Balaban J connectivity index is 1.75. The zero-order chi connectivity index (χ0) is 25.4. The van der Waals surface area contributed by atoms with Gasteiger partial charge in [0.2, 0.25) is 0 Å². The van der Waals surface area contributed by atoms with Crippen LogP contribution in [0.25, 0.3) is 0 Å². The Morgan fingerprint density at radius 1 is 1.03 bits per heavy atom.